The number of nitrogens with zero attached hydrogens (tertiary/aromatic N) is 6. The SMILES string of the molecule is [2H]C([2H])([2H])n1c(=O)n([C@@H]2CC[C@@]([2H])(NC(=O)OC)C2)c2cc(Nc3cc(C4=CCC5(CC4)OCCO5)c4cnn(C5(C(=O)OCC)CCC5)c4n3)ncc21. The van der Waals surface area contributed by atoms with E-state index in [-0.39, 0.29) is 36.8 Å². The first kappa shape index (κ1) is 28.0. The van der Waals surface area contributed by atoms with Crippen LogP contribution >= 0.6 is 0 Å². The lowest BCUT2D eigenvalue weighted by atomic mass is 9.76. The number of hydrogen-bond acceptors (Lipinski definition) is 11. The van der Waals surface area contributed by atoms with E-state index in [4.69, 9.17) is 34.5 Å². The lowest BCUT2D eigenvalue weighted by Crippen LogP contribution is -2.49. The summed E-state index contributed by atoms with van der Waals surface area (Å²) in [5.41, 5.74) is 1.02. The molecule has 264 valence electrons. The van der Waals surface area contributed by atoms with Crippen molar-refractivity contribution in [3.63, 3.8) is 0 Å². The highest BCUT2D eigenvalue weighted by atomic mass is 16.7. The van der Waals surface area contributed by atoms with Crippen LogP contribution in [0.5, 0.6) is 0 Å². The third-order valence-electron chi connectivity index (χ3n) is 10.5. The Morgan fingerprint density at radius 2 is 1.98 bits per heavy atom. The van der Waals surface area contributed by atoms with E-state index in [1.165, 1.54) is 17.9 Å². The van der Waals surface area contributed by atoms with Gasteiger partial charge >= 0.3 is 17.8 Å². The quantitative estimate of drug-likeness (QED) is 0.251. The van der Waals surface area contributed by atoms with Crippen molar-refractivity contribution in [3.05, 3.63) is 46.7 Å². The molecular weight excluding hydrogens is 644 g/mol. The standard InChI is InChI=1S/C35H42N8O7/c1-4-48-31(44)34(10-5-11-34)43-30-25(19-37-43)24(21-8-12-35(13-9-21)49-14-15-50-35)17-29(40-30)39-28-18-26-27(20-36-28)41(2)33(46)42(26)23-7-6-22(16-23)38-32(45)47-3/h8,17-20,22-23H,4-7,9-16H2,1-3H3,(H,38,45)(H,36,39,40)/t22-,23-/m1/s1/i2D3,22D. The number of pyridine rings is 2. The fraction of sp³-hybridized carbons (Fsp3) is 0.543. The van der Waals surface area contributed by atoms with E-state index in [1.54, 1.807) is 23.9 Å². The van der Waals surface area contributed by atoms with Gasteiger partial charge in [0.1, 0.15) is 11.6 Å². The van der Waals surface area contributed by atoms with Crippen LogP contribution in [0.3, 0.4) is 0 Å². The molecule has 1 amide bonds. The Morgan fingerprint density at radius 1 is 1.14 bits per heavy atom. The maximum atomic E-state index is 13.8. The van der Waals surface area contributed by atoms with Crippen LogP contribution in [-0.2, 0) is 36.3 Å². The van der Waals surface area contributed by atoms with Crippen LogP contribution in [0.25, 0.3) is 27.6 Å². The Balaban J connectivity index is 1.22. The Bertz CT molecular complexity index is 2240. The number of aromatic nitrogens is 6. The van der Waals surface area contributed by atoms with Gasteiger partial charge in [-0.2, -0.15) is 5.10 Å². The molecule has 1 aliphatic heterocycles. The summed E-state index contributed by atoms with van der Waals surface area (Å²) < 4.78 is 59.1. The summed E-state index contributed by atoms with van der Waals surface area (Å²) in [6.07, 6.45) is 8.86. The number of ether oxygens (including phenoxy) is 4. The summed E-state index contributed by atoms with van der Waals surface area (Å²) in [6, 6.07) is 1.47. The van der Waals surface area contributed by atoms with Gasteiger partial charge in [-0.15, -0.1) is 0 Å². The summed E-state index contributed by atoms with van der Waals surface area (Å²) in [6.45, 7) is 0.299. The second-order valence-corrected chi connectivity index (χ2v) is 13.3. The normalized spacial score (nSPS) is 25.3. The average Bonchev–Trinajstić information content (AvgIpc) is 3.89. The maximum absolute atomic E-state index is 13.8. The molecule has 2 N–H and O–H groups in total. The molecule has 8 rings (SSSR count). The number of rotatable bonds is 8. The predicted molar refractivity (Wildman–Crippen MR) is 183 cm³/mol. The van der Waals surface area contributed by atoms with Crippen molar-refractivity contribution in [1.82, 2.24) is 34.2 Å². The molecule has 0 radical (unpaired) electrons. The molecule has 1 spiro atoms. The summed E-state index contributed by atoms with van der Waals surface area (Å²) in [7, 11) is 1.21. The van der Waals surface area contributed by atoms with Crippen LogP contribution in [0, 0.1) is 0 Å². The van der Waals surface area contributed by atoms with Gasteiger partial charge in [0.25, 0.3) is 0 Å². The van der Waals surface area contributed by atoms with Crippen LogP contribution in [0.1, 0.15) is 81.8 Å². The molecular formula is C35H42N8O7. The van der Waals surface area contributed by atoms with Gasteiger partial charge < -0.3 is 29.6 Å². The highest BCUT2D eigenvalue weighted by Gasteiger charge is 2.49. The molecule has 0 unspecified atom stereocenters. The second-order valence-electron chi connectivity index (χ2n) is 13.3. The van der Waals surface area contributed by atoms with E-state index in [1.807, 2.05) is 6.07 Å². The highest BCUT2D eigenvalue weighted by molar-refractivity contribution is 5.93. The lowest BCUT2D eigenvalue weighted by molar-refractivity contribution is -0.160. The molecule has 0 bridgehead atoms. The predicted octanol–water partition coefficient (Wildman–Crippen LogP) is 4.43. The zero-order chi connectivity index (χ0) is 38.0. The second kappa shape index (κ2) is 12.5. The third kappa shape index (κ3) is 5.34. The molecule has 4 aliphatic rings. The fourth-order valence-electron chi connectivity index (χ4n) is 7.76. The van der Waals surface area contributed by atoms with Crippen molar-refractivity contribution >= 4 is 51.3 Å². The summed E-state index contributed by atoms with van der Waals surface area (Å²) in [5, 5.41) is 11.3. The zero-order valence-electron chi connectivity index (χ0n) is 32.0. The number of methoxy groups -OCH3 is 1. The Labute approximate surface area is 293 Å². The third-order valence-corrected chi connectivity index (χ3v) is 10.5. The van der Waals surface area contributed by atoms with E-state index in [0.717, 1.165) is 27.5 Å². The van der Waals surface area contributed by atoms with Crippen molar-refractivity contribution < 1.29 is 34.0 Å². The van der Waals surface area contributed by atoms with Gasteiger partial charge in [0.15, 0.2) is 17.0 Å². The van der Waals surface area contributed by atoms with Crippen molar-refractivity contribution in [1.29, 1.82) is 0 Å². The number of nitrogens with one attached hydrogen (secondary N) is 2. The molecule has 4 aromatic heterocycles. The first-order valence-electron chi connectivity index (χ1n) is 19.1. The van der Waals surface area contributed by atoms with Gasteiger partial charge in [0.05, 0.1) is 51.7 Å². The Hall–Kier alpha value is -4.76. The number of carbonyl (C=O) groups excluding carboxylic acids is 2. The minimum Gasteiger partial charge on any atom is -0.464 e. The largest absolute Gasteiger partial charge is 0.464 e. The number of esters is 1. The summed E-state index contributed by atoms with van der Waals surface area (Å²) >= 11 is 0. The monoisotopic (exact) mass is 690 g/mol. The van der Waals surface area contributed by atoms with E-state index in [9.17, 15) is 14.4 Å². The van der Waals surface area contributed by atoms with Crippen molar-refractivity contribution in [2.75, 3.05) is 32.2 Å². The van der Waals surface area contributed by atoms with Crippen molar-refractivity contribution in [3.8, 4) is 0 Å². The van der Waals surface area contributed by atoms with Gasteiger partial charge in [-0.25, -0.2) is 29.0 Å². The number of anilines is 2. The number of alkyl carbamates (subject to hydrolysis) is 1. The number of fused-ring (bicyclic) bond motifs is 2. The van der Waals surface area contributed by atoms with Crippen LogP contribution in [0.2, 0.25) is 0 Å². The minimum atomic E-state index is -2.81. The number of imidazole rings is 1. The smallest absolute Gasteiger partial charge is 0.407 e. The van der Waals surface area contributed by atoms with E-state index >= 15 is 0 Å². The number of aryl methyl sites for hydroxylation is 1. The minimum absolute atomic E-state index is 0.0491. The average molecular weight is 691 g/mol. The number of carbonyl (C=O) groups is 2. The molecule has 2 atom stereocenters. The Kier molecular flexibility index (Phi) is 7.02. The lowest BCUT2D eigenvalue weighted by Gasteiger charge is -2.39. The molecule has 0 aromatic carbocycles. The number of allylic oxidation sites excluding steroid dienone is 1. The van der Waals surface area contributed by atoms with E-state index in [0.29, 0.717) is 68.7 Å². The molecule has 5 heterocycles. The first-order chi connectivity index (χ1) is 25.8. The van der Waals surface area contributed by atoms with Gasteiger partial charge in [-0.3, -0.25) is 9.13 Å². The van der Waals surface area contributed by atoms with Crippen LogP contribution in [-0.4, -0.2) is 79.7 Å². The van der Waals surface area contributed by atoms with E-state index < -0.39 is 42.1 Å². The molecule has 4 aromatic rings. The Morgan fingerprint density at radius 3 is 2.68 bits per heavy atom. The molecule has 15 nitrogen and oxygen atoms in total. The first-order valence-corrected chi connectivity index (χ1v) is 17.1. The molecule has 3 fully saturated rings. The van der Waals surface area contributed by atoms with Crippen molar-refractivity contribution in [2.45, 2.75) is 88.1 Å². The van der Waals surface area contributed by atoms with E-state index in [2.05, 4.69) is 21.7 Å². The van der Waals surface area contributed by atoms with Crippen molar-refractivity contribution in [2.24, 2.45) is 6.98 Å². The maximum Gasteiger partial charge on any atom is 0.407 e. The highest BCUT2D eigenvalue weighted by Crippen LogP contribution is 2.44. The molecule has 15 heteroatoms. The summed E-state index contributed by atoms with van der Waals surface area (Å²) in [4.78, 5) is 48.7. The summed E-state index contributed by atoms with van der Waals surface area (Å²) in [5.74, 6) is -0.322. The van der Waals surface area contributed by atoms with Gasteiger partial charge in [-0.05, 0) is 69.1 Å². The molecule has 50 heavy (non-hydrogen) atoms. The topological polar surface area (TPSA) is 166 Å². The van der Waals surface area contributed by atoms with Gasteiger partial charge in [-0.1, -0.05) is 6.08 Å². The molecule has 3 aliphatic carbocycles. The van der Waals surface area contributed by atoms with Crippen LogP contribution in [0.4, 0.5) is 16.4 Å². The van der Waals surface area contributed by atoms with Gasteiger partial charge in [0, 0.05) is 47.4 Å². The van der Waals surface area contributed by atoms with Gasteiger partial charge in [0.2, 0.25) is 0 Å². The zero-order valence-corrected chi connectivity index (χ0v) is 28.0. The number of amides is 1. The fourth-order valence-corrected chi connectivity index (χ4v) is 7.76. The number of hydrogen-bond donors (Lipinski definition) is 2. The molecule has 1 saturated heterocycles. The van der Waals surface area contributed by atoms with Crippen LogP contribution in [0.15, 0.2) is 35.4 Å². The van der Waals surface area contributed by atoms with Crippen LogP contribution < -0.4 is 16.3 Å². The molecule has 2 saturated carbocycles.